The molecule has 5 heteroatoms. The Morgan fingerprint density at radius 1 is 1.44 bits per heavy atom. The molecule has 1 aliphatic heterocycles. The van der Waals surface area contributed by atoms with Crippen molar-refractivity contribution in [2.45, 2.75) is 33.3 Å². The second-order valence-corrected chi connectivity index (χ2v) is 5.23. The number of nitrogens with zero attached hydrogens (tertiary/aromatic N) is 3. The summed E-state index contributed by atoms with van der Waals surface area (Å²) >= 11 is 0. The summed E-state index contributed by atoms with van der Waals surface area (Å²) in [5, 5.41) is 3.27. The maximum Gasteiger partial charge on any atom is 0.137 e. The van der Waals surface area contributed by atoms with Crippen LogP contribution in [0.2, 0.25) is 0 Å². The number of nitrogens with one attached hydrogen (secondary N) is 1. The molecule has 0 amide bonds. The Bertz CT molecular complexity index is 419. The predicted octanol–water partition coefficient (Wildman–Crippen LogP) is 1.83. The first-order valence-corrected chi connectivity index (χ1v) is 6.48. The van der Waals surface area contributed by atoms with Gasteiger partial charge in [0.1, 0.15) is 18.0 Å². The minimum absolute atomic E-state index is 0.117. The lowest BCUT2D eigenvalue weighted by molar-refractivity contribution is -0.0279. The molecule has 0 aliphatic carbocycles. The van der Waals surface area contributed by atoms with Crippen molar-refractivity contribution in [1.29, 1.82) is 0 Å². The van der Waals surface area contributed by atoms with Crippen molar-refractivity contribution in [2.24, 2.45) is 0 Å². The number of hydrogen-bond acceptors (Lipinski definition) is 5. The largest absolute Gasteiger partial charge is 0.372 e. The third kappa shape index (κ3) is 2.72. The molecular formula is C13H22N4O. The lowest BCUT2D eigenvalue weighted by atomic mass is 10.1. The molecule has 100 valence electrons. The molecule has 0 bridgehead atoms. The topological polar surface area (TPSA) is 50.3 Å². The summed E-state index contributed by atoms with van der Waals surface area (Å²) in [6, 6.07) is 0. The van der Waals surface area contributed by atoms with Gasteiger partial charge in [-0.25, -0.2) is 9.97 Å². The normalized spacial score (nSPS) is 18.8. The van der Waals surface area contributed by atoms with E-state index < -0.39 is 0 Å². The smallest absolute Gasteiger partial charge is 0.137 e. The van der Waals surface area contributed by atoms with Gasteiger partial charge in [0.2, 0.25) is 0 Å². The van der Waals surface area contributed by atoms with Crippen molar-refractivity contribution in [3.05, 3.63) is 11.9 Å². The van der Waals surface area contributed by atoms with Gasteiger partial charge >= 0.3 is 0 Å². The molecule has 1 N–H and O–H groups in total. The number of morpholine rings is 1. The van der Waals surface area contributed by atoms with Crippen molar-refractivity contribution in [2.75, 3.05) is 36.5 Å². The molecule has 0 atom stereocenters. The second kappa shape index (κ2) is 5.10. The molecule has 2 heterocycles. The van der Waals surface area contributed by atoms with E-state index in [1.54, 1.807) is 6.33 Å². The van der Waals surface area contributed by atoms with Gasteiger partial charge in [0.25, 0.3) is 0 Å². The summed E-state index contributed by atoms with van der Waals surface area (Å²) in [5.41, 5.74) is 0.991. The summed E-state index contributed by atoms with van der Waals surface area (Å²) in [5.74, 6) is 1.93. The number of anilines is 2. The van der Waals surface area contributed by atoms with E-state index in [-0.39, 0.29) is 5.60 Å². The van der Waals surface area contributed by atoms with E-state index in [9.17, 15) is 0 Å². The molecule has 0 radical (unpaired) electrons. The van der Waals surface area contributed by atoms with Gasteiger partial charge in [0.15, 0.2) is 0 Å². The summed E-state index contributed by atoms with van der Waals surface area (Å²) in [7, 11) is 0. The van der Waals surface area contributed by atoms with Crippen molar-refractivity contribution in [1.82, 2.24) is 9.97 Å². The summed E-state index contributed by atoms with van der Waals surface area (Å²) in [4.78, 5) is 11.0. The van der Waals surface area contributed by atoms with Crippen LogP contribution in [0.15, 0.2) is 6.33 Å². The lowest BCUT2D eigenvalue weighted by Gasteiger charge is -2.39. The van der Waals surface area contributed by atoms with Crippen LogP contribution in [0.5, 0.6) is 0 Å². The fraction of sp³-hybridized carbons (Fsp3) is 0.692. The molecule has 1 aliphatic rings. The Hall–Kier alpha value is -1.36. The standard InChI is InChI=1S/C13H22N4O/c1-5-14-11-10(2)12(16-9-15-11)17-6-7-18-13(3,4)8-17/h9H,5-8H2,1-4H3,(H,14,15,16). The molecule has 5 nitrogen and oxygen atoms in total. The highest BCUT2D eigenvalue weighted by Gasteiger charge is 2.29. The third-order valence-corrected chi connectivity index (χ3v) is 3.13. The van der Waals surface area contributed by atoms with E-state index in [2.05, 4.69) is 47.9 Å². The highest BCUT2D eigenvalue weighted by atomic mass is 16.5. The van der Waals surface area contributed by atoms with Crippen LogP contribution in [0.3, 0.4) is 0 Å². The molecule has 0 saturated carbocycles. The van der Waals surface area contributed by atoms with Crippen LogP contribution in [0.4, 0.5) is 11.6 Å². The first kappa shape index (κ1) is 13.1. The molecule has 0 spiro atoms. The van der Waals surface area contributed by atoms with Gasteiger partial charge < -0.3 is 15.0 Å². The van der Waals surface area contributed by atoms with Crippen LogP contribution in [0.1, 0.15) is 26.3 Å². The minimum atomic E-state index is -0.117. The van der Waals surface area contributed by atoms with Crippen LogP contribution in [0.25, 0.3) is 0 Å². The Labute approximate surface area is 109 Å². The summed E-state index contributed by atoms with van der Waals surface area (Å²) < 4.78 is 5.73. The molecule has 0 unspecified atom stereocenters. The van der Waals surface area contributed by atoms with Crippen LogP contribution < -0.4 is 10.2 Å². The van der Waals surface area contributed by atoms with Gasteiger partial charge in [0.05, 0.1) is 12.2 Å². The maximum absolute atomic E-state index is 5.73. The SMILES string of the molecule is CCNc1ncnc(N2CCOC(C)(C)C2)c1C. The molecule has 1 fully saturated rings. The quantitative estimate of drug-likeness (QED) is 0.887. The Balaban J connectivity index is 2.25. The predicted molar refractivity (Wildman–Crippen MR) is 73.2 cm³/mol. The van der Waals surface area contributed by atoms with Gasteiger partial charge in [-0.2, -0.15) is 0 Å². The zero-order valence-electron chi connectivity index (χ0n) is 11.7. The number of rotatable bonds is 3. The Morgan fingerprint density at radius 2 is 2.22 bits per heavy atom. The van der Waals surface area contributed by atoms with E-state index in [1.807, 2.05) is 0 Å². The first-order chi connectivity index (χ1) is 8.53. The molecule has 2 rings (SSSR count). The van der Waals surface area contributed by atoms with Crippen molar-refractivity contribution < 1.29 is 4.74 Å². The van der Waals surface area contributed by atoms with Crippen LogP contribution >= 0.6 is 0 Å². The number of hydrogen-bond donors (Lipinski definition) is 1. The monoisotopic (exact) mass is 250 g/mol. The fourth-order valence-corrected chi connectivity index (χ4v) is 2.30. The van der Waals surface area contributed by atoms with Gasteiger partial charge in [-0.1, -0.05) is 0 Å². The van der Waals surface area contributed by atoms with Crippen molar-refractivity contribution >= 4 is 11.6 Å². The fourth-order valence-electron chi connectivity index (χ4n) is 2.30. The third-order valence-electron chi connectivity index (χ3n) is 3.13. The van der Waals surface area contributed by atoms with Gasteiger partial charge in [-0.05, 0) is 27.7 Å². The highest BCUT2D eigenvalue weighted by Crippen LogP contribution is 2.26. The zero-order chi connectivity index (χ0) is 13.2. The van der Waals surface area contributed by atoms with E-state index in [0.717, 1.165) is 43.4 Å². The molecule has 1 aromatic heterocycles. The average molecular weight is 250 g/mol. The van der Waals surface area contributed by atoms with E-state index in [1.165, 1.54) is 0 Å². The first-order valence-electron chi connectivity index (χ1n) is 6.48. The molecule has 0 aromatic carbocycles. The van der Waals surface area contributed by atoms with Crippen LogP contribution in [-0.4, -0.2) is 41.8 Å². The Morgan fingerprint density at radius 3 is 2.89 bits per heavy atom. The van der Waals surface area contributed by atoms with Gasteiger partial charge in [-0.3, -0.25) is 0 Å². The van der Waals surface area contributed by atoms with Gasteiger partial charge in [0, 0.05) is 25.2 Å². The second-order valence-electron chi connectivity index (χ2n) is 5.23. The van der Waals surface area contributed by atoms with E-state index in [4.69, 9.17) is 4.74 Å². The lowest BCUT2D eigenvalue weighted by Crippen LogP contribution is -2.48. The molecular weight excluding hydrogens is 228 g/mol. The van der Waals surface area contributed by atoms with Gasteiger partial charge in [-0.15, -0.1) is 0 Å². The zero-order valence-corrected chi connectivity index (χ0v) is 11.7. The molecule has 18 heavy (non-hydrogen) atoms. The number of ether oxygens (including phenoxy) is 1. The highest BCUT2D eigenvalue weighted by molar-refractivity contribution is 5.58. The summed E-state index contributed by atoms with van der Waals surface area (Å²) in [6.07, 6.45) is 1.63. The molecule has 1 aromatic rings. The minimum Gasteiger partial charge on any atom is -0.372 e. The van der Waals surface area contributed by atoms with Crippen molar-refractivity contribution in [3.8, 4) is 0 Å². The Kier molecular flexibility index (Phi) is 3.71. The van der Waals surface area contributed by atoms with Crippen LogP contribution in [0, 0.1) is 6.92 Å². The maximum atomic E-state index is 5.73. The summed E-state index contributed by atoms with van der Waals surface area (Å²) in [6.45, 7) is 11.7. The average Bonchev–Trinajstić information content (AvgIpc) is 2.31. The molecule has 1 saturated heterocycles. The van der Waals surface area contributed by atoms with E-state index in [0.29, 0.717) is 0 Å². The van der Waals surface area contributed by atoms with Crippen LogP contribution in [-0.2, 0) is 4.74 Å². The van der Waals surface area contributed by atoms with Crippen molar-refractivity contribution in [3.63, 3.8) is 0 Å². The van der Waals surface area contributed by atoms with E-state index >= 15 is 0 Å². The number of aromatic nitrogens is 2.